The molecule has 2 aromatic rings. The Kier molecular flexibility index (Phi) is 5.75. The molecule has 2 rings (SSSR count). The molecule has 0 amide bonds. The van der Waals surface area contributed by atoms with Crippen molar-refractivity contribution in [1.29, 1.82) is 0 Å². The molecular formula is C15H20ClN5. The van der Waals surface area contributed by atoms with E-state index in [2.05, 4.69) is 39.2 Å². The molecule has 0 fully saturated rings. The van der Waals surface area contributed by atoms with Gasteiger partial charge in [0.2, 0.25) is 5.95 Å². The Balaban J connectivity index is 1.91. The van der Waals surface area contributed by atoms with Crippen molar-refractivity contribution in [2.45, 2.75) is 20.3 Å². The van der Waals surface area contributed by atoms with Gasteiger partial charge >= 0.3 is 0 Å². The van der Waals surface area contributed by atoms with Crippen molar-refractivity contribution in [3.05, 3.63) is 41.0 Å². The smallest absolute Gasteiger partial charge is 0.244 e. The molecule has 0 atom stereocenters. The summed E-state index contributed by atoms with van der Waals surface area (Å²) in [6.45, 7) is 6.75. The van der Waals surface area contributed by atoms with Crippen LogP contribution in [0.25, 0.3) is 0 Å². The lowest BCUT2D eigenvalue weighted by Gasteiger charge is -2.19. The van der Waals surface area contributed by atoms with E-state index in [1.165, 1.54) is 5.56 Å². The van der Waals surface area contributed by atoms with Gasteiger partial charge in [0, 0.05) is 24.7 Å². The predicted molar refractivity (Wildman–Crippen MR) is 87.0 cm³/mol. The highest BCUT2D eigenvalue weighted by molar-refractivity contribution is 6.30. The van der Waals surface area contributed by atoms with Gasteiger partial charge < -0.3 is 10.2 Å². The van der Waals surface area contributed by atoms with Crippen molar-refractivity contribution in [3.8, 4) is 0 Å². The largest absolute Gasteiger partial charge is 0.356 e. The van der Waals surface area contributed by atoms with E-state index in [9.17, 15) is 0 Å². The lowest BCUT2D eigenvalue weighted by atomic mass is 10.1. The fourth-order valence-electron chi connectivity index (χ4n) is 2.04. The van der Waals surface area contributed by atoms with Gasteiger partial charge in [0.15, 0.2) is 5.82 Å². The Labute approximate surface area is 130 Å². The number of aromatic nitrogens is 3. The van der Waals surface area contributed by atoms with Crippen LogP contribution in [0.15, 0.2) is 30.5 Å². The normalized spacial score (nSPS) is 10.4. The molecule has 5 nitrogen and oxygen atoms in total. The van der Waals surface area contributed by atoms with Crippen LogP contribution in [0.4, 0.5) is 11.8 Å². The highest BCUT2D eigenvalue weighted by atomic mass is 35.5. The van der Waals surface area contributed by atoms with E-state index in [0.29, 0.717) is 5.95 Å². The topological polar surface area (TPSA) is 53.9 Å². The number of benzene rings is 1. The highest BCUT2D eigenvalue weighted by Gasteiger charge is 2.05. The Morgan fingerprint density at radius 1 is 1.14 bits per heavy atom. The number of hydrogen-bond donors (Lipinski definition) is 1. The minimum atomic E-state index is 0.563. The first kappa shape index (κ1) is 15.5. The van der Waals surface area contributed by atoms with Crippen molar-refractivity contribution in [3.63, 3.8) is 0 Å². The van der Waals surface area contributed by atoms with Gasteiger partial charge in [-0.1, -0.05) is 23.7 Å². The number of rotatable bonds is 7. The molecule has 1 N–H and O–H groups in total. The number of hydrogen-bond acceptors (Lipinski definition) is 5. The van der Waals surface area contributed by atoms with E-state index >= 15 is 0 Å². The van der Waals surface area contributed by atoms with Gasteiger partial charge in [-0.3, -0.25) is 0 Å². The first-order chi connectivity index (χ1) is 10.2. The second-order valence-corrected chi connectivity index (χ2v) is 5.05. The standard InChI is InChI=1S/C15H20ClN5/c1-3-21(4-2)14-11-18-20-15(19-14)17-10-9-12-5-7-13(16)8-6-12/h5-8,11H,3-4,9-10H2,1-2H3,(H,17,19,20). The van der Waals surface area contributed by atoms with Gasteiger partial charge in [0.25, 0.3) is 0 Å². The van der Waals surface area contributed by atoms with Gasteiger partial charge in [-0.15, -0.1) is 5.10 Å². The van der Waals surface area contributed by atoms with Gasteiger partial charge in [0.1, 0.15) is 0 Å². The molecule has 21 heavy (non-hydrogen) atoms. The lowest BCUT2D eigenvalue weighted by molar-refractivity contribution is 0.821. The predicted octanol–water partition coefficient (Wildman–Crippen LogP) is 3.03. The molecule has 0 saturated heterocycles. The summed E-state index contributed by atoms with van der Waals surface area (Å²) in [6.07, 6.45) is 2.58. The zero-order chi connectivity index (χ0) is 15.1. The summed E-state index contributed by atoms with van der Waals surface area (Å²) >= 11 is 5.87. The average Bonchev–Trinajstić information content (AvgIpc) is 2.51. The van der Waals surface area contributed by atoms with Gasteiger partial charge in [-0.25, -0.2) is 0 Å². The van der Waals surface area contributed by atoms with Crippen LogP contribution in [0.3, 0.4) is 0 Å². The molecule has 0 unspecified atom stereocenters. The van der Waals surface area contributed by atoms with Crippen molar-refractivity contribution < 1.29 is 0 Å². The molecular weight excluding hydrogens is 286 g/mol. The van der Waals surface area contributed by atoms with Gasteiger partial charge in [0.05, 0.1) is 6.20 Å². The van der Waals surface area contributed by atoms with E-state index in [4.69, 9.17) is 11.6 Å². The fourth-order valence-corrected chi connectivity index (χ4v) is 2.17. The number of anilines is 2. The molecule has 1 heterocycles. The molecule has 0 bridgehead atoms. The summed E-state index contributed by atoms with van der Waals surface area (Å²) < 4.78 is 0. The molecule has 112 valence electrons. The summed E-state index contributed by atoms with van der Waals surface area (Å²) in [7, 11) is 0. The zero-order valence-electron chi connectivity index (χ0n) is 12.4. The molecule has 0 saturated carbocycles. The third-order valence-corrected chi connectivity index (χ3v) is 3.50. The van der Waals surface area contributed by atoms with Crippen LogP contribution in [0.1, 0.15) is 19.4 Å². The van der Waals surface area contributed by atoms with Crippen LogP contribution >= 0.6 is 11.6 Å². The maximum Gasteiger partial charge on any atom is 0.244 e. The third kappa shape index (κ3) is 4.56. The maximum absolute atomic E-state index is 5.87. The summed E-state index contributed by atoms with van der Waals surface area (Å²) in [4.78, 5) is 6.62. The number of nitrogens with one attached hydrogen (secondary N) is 1. The molecule has 1 aromatic heterocycles. The Morgan fingerprint density at radius 2 is 1.86 bits per heavy atom. The van der Waals surface area contributed by atoms with Crippen LogP contribution in [0, 0.1) is 0 Å². The SMILES string of the molecule is CCN(CC)c1cnnc(NCCc2ccc(Cl)cc2)n1. The summed E-state index contributed by atoms with van der Waals surface area (Å²) in [5.41, 5.74) is 1.22. The first-order valence-electron chi connectivity index (χ1n) is 7.16. The molecule has 0 spiro atoms. The monoisotopic (exact) mass is 305 g/mol. The van der Waals surface area contributed by atoms with Crippen LogP contribution in [-0.4, -0.2) is 34.8 Å². The number of halogens is 1. The minimum Gasteiger partial charge on any atom is -0.356 e. The van der Waals surface area contributed by atoms with Crippen molar-refractivity contribution in [1.82, 2.24) is 15.2 Å². The van der Waals surface area contributed by atoms with Crippen LogP contribution in [-0.2, 0) is 6.42 Å². The third-order valence-electron chi connectivity index (χ3n) is 3.24. The van der Waals surface area contributed by atoms with Crippen molar-refractivity contribution in [2.75, 3.05) is 29.9 Å². The lowest BCUT2D eigenvalue weighted by Crippen LogP contribution is -2.24. The van der Waals surface area contributed by atoms with Crippen molar-refractivity contribution >= 4 is 23.4 Å². The van der Waals surface area contributed by atoms with Crippen LogP contribution < -0.4 is 10.2 Å². The Hall–Kier alpha value is -1.88. The van der Waals surface area contributed by atoms with E-state index in [-0.39, 0.29) is 0 Å². The molecule has 0 aliphatic rings. The highest BCUT2D eigenvalue weighted by Crippen LogP contribution is 2.11. The van der Waals surface area contributed by atoms with Crippen LogP contribution in [0.5, 0.6) is 0 Å². The van der Waals surface area contributed by atoms with Crippen LogP contribution in [0.2, 0.25) is 5.02 Å². The van der Waals surface area contributed by atoms with E-state index in [1.54, 1.807) is 6.20 Å². The molecule has 1 aromatic carbocycles. The second kappa shape index (κ2) is 7.78. The quantitative estimate of drug-likeness (QED) is 0.852. The second-order valence-electron chi connectivity index (χ2n) is 4.61. The minimum absolute atomic E-state index is 0.563. The van der Waals surface area contributed by atoms with E-state index in [0.717, 1.165) is 36.9 Å². The molecule has 0 aliphatic heterocycles. The fraction of sp³-hybridized carbons (Fsp3) is 0.400. The van der Waals surface area contributed by atoms with Crippen molar-refractivity contribution in [2.24, 2.45) is 0 Å². The van der Waals surface area contributed by atoms with E-state index < -0.39 is 0 Å². The van der Waals surface area contributed by atoms with Gasteiger partial charge in [-0.05, 0) is 38.0 Å². The molecule has 6 heteroatoms. The zero-order valence-corrected chi connectivity index (χ0v) is 13.1. The average molecular weight is 306 g/mol. The molecule has 0 radical (unpaired) electrons. The van der Waals surface area contributed by atoms with Gasteiger partial charge in [-0.2, -0.15) is 10.1 Å². The summed E-state index contributed by atoms with van der Waals surface area (Å²) in [5, 5.41) is 12.0. The Morgan fingerprint density at radius 3 is 2.52 bits per heavy atom. The summed E-state index contributed by atoms with van der Waals surface area (Å²) in [5.74, 6) is 1.41. The number of nitrogens with zero attached hydrogens (tertiary/aromatic N) is 4. The summed E-state index contributed by atoms with van der Waals surface area (Å²) in [6, 6.07) is 7.84. The Bertz CT molecular complexity index is 554. The molecule has 0 aliphatic carbocycles. The first-order valence-corrected chi connectivity index (χ1v) is 7.53. The van der Waals surface area contributed by atoms with E-state index in [1.807, 2.05) is 24.3 Å². The maximum atomic E-state index is 5.87.